The van der Waals surface area contributed by atoms with E-state index in [1.807, 2.05) is 36.4 Å². The molecule has 0 N–H and O–H groups in total. The van der Waals surface area contributed by atoms with Gasteiger partial charge in [0.05, 0.1) is 10.2 Å². The number of benzene rings is 3. The summed E-state index contributed by atoms with van der Waals surface area (Å²) in [6, 6.07) is 20.5. The number of rotatable bonds is 1. The highest BCUT2D eigenvalue weighted by Crippen LogP contribution is 2.34. The van der Waals surface area contributed by atoms with E-state index in [-0.39, 0.29) is 0 Å². The number of nitrogens with zero attached hydrogens (tertiary/aromatic N) is 1. The molecule has 0 unspecified atom stereocenters. The quantitative estimate of drug-likeness (QED) is 0.434. The van der Waals surface area contributed by atoms with Crippen molar-refractivity contribution in [1.29, 1.82) is 0 Å². The first-order valence-electron chi connectivity index (χ1n) is 6.35. The van der Waals surface area contributed by atoms with Gasteiger partial charge < -0.3 is 0 Å². The highest BCUT2D eigenvalue weighted by atomic mass is 35.5. The highest BCUT2D eigenvalue weighted by Gasteiger charge is 2.09. The molecule has 96 valence electrons. The topological polar surface area (TPSA) is 12.9 Å². The summed E-state index contributed by atoms with van der Waals surface area (Å²) in [4.78, 5) is 4.81. The fraction of sp³-hybridized carbons (Fsp3) is 0. The monoisotopic (exact) mass is 295 g/mol. The molecule has 4 aromatic rings. The van der Waals surface area contributed by atoms with Crippen molar-refractivity contribution >= 4 is 43.9 Å². The van der Waals surface area contributed by atoms with Crippen molar-refractivity contribution in [3.63, 3.8) is 0 Å². The molecule has 0 amide bonds. The Labute approximate surface area is 125 Å². The average Bonchev–Trinajstić information content (AvgIpc) is 2.93. The predicted octanol–water partition coefficient (Wildman–Crippen LogP) is 5.77. The smallest absolute Gasteiger partial charge is 0.124 e. The lowest BCUT2D eigenvalue weighted by Gasteiger charge is -1.98. The second-order valence-electron chi connectivity index (χ2n) is 4.66. The first-order valence-corrected chi connectivity index (χ1v) is 7.55. The van der Waals surface area contributed by atoms with E-state index in [0.29, 0.717) is 0 Å². The van der Waals surface area contributed by atoms with Crippen molar-refractivity contribution in [2.45, 2.75) is 0 Å². The van der Waals surface area contributed by atoms with Gasteiger partial charge in [0.15, 0.2) is 0 Å². The minimum atomic E-state index is 0.749. The Hall–Kier alpha value is -1.90. The van der Waals surface area contributed by atoms with Crippen molar-refractivity contribution in [1.82, 2.24) is 4.98 Å². The summed E-state index contributed by atoms with van der Waals surface area (Å²) in [7, 11) is 0. The van der Waals surface area contributed by atoms with E-state index in [2.05, 4.69) is 24.3 Å². The van der Waals surface area contributed by atoms with Gasteiger partial charge in [-0.25, -0.2) is 4.98 Å². The van der Waals surface area contributed by atoms with E-state index in [0.717, 1.165) is 26.5 Å². The van der Waals surface area contributed by atoms with Crippen LogP contribution in [0, 0.1) is 0 Å². The van der Waals surface area contributed by atoms with Gasteiger partial charge in [-0.2, -0.15) is 0 Å². The van der Waals surface area contributed by atoms with Gasteiger partial charge in [-0.3, -0.25) is 0 Å². The van der Waals surface area contributed by atoms with Crippen LogP contribution < -0.4 is 0 Å². The van der Waals surface area contributed by atoms with Gasteiger partial charge in [-0.15, -0.1) is 11.3 Å². The molecule has 0 saturated carbocycles. The van der Waals surface area contributed by atoms with E-state index < -0.39 is 0 Å². The van der Waals surface area contributed by atoms with Gasteiger partial charge in [-0.1, -0.05) is 54.1 Å². The Morgan fingerprint density at radius 2 is 1.70 bits per heavy atom. The molecule has 3 aromatic carbocycles. The van der Waals surface area contributed by atoms with Gasteiger partial charge in [0.1, 0.15) is 5.01 Å². The first-order chi connectivity index (χ1) is 9.81. The fourth-order valence-corrected chi connectivity index (χ4v) is 3.55. The molecule has 0 radical (unpaired) electrons. The van der Waals surface area contributed by atoms with E-state index >= 15 is 0 Å². The number of thiazole rings is 1. The molecule has 0 fully saturated rings. The molecule has 0 saturated heterocycles. The maximum absolute atomic E-state index is 6.12. The third-order valence-electron chi connectivity index (χ3n) is 3.36. The van der Waals surface area contributed by atoms with Gasteiger partial charge in [-0.05, 0) is 23.6 Å². The number of fused-ring (bicyclic) bond motifs is 3. The van der Waals surface area contributed by atoms with Crippen LogP contribution in [0.5, 0.6) is 0 Å². The first kappa shape index (κ1) is 11.9. The van der Waals surface area contributed by atoms with Crippen molar-refractivity contribution < 1.29 is 0 Å². The molecular formula is C17H10ClNS. The zero-order valence-corrected chi connectivity index (χ0v) is 12.1. The molecule has 1 heterocycles. The van der Waals surface area contributed by atoms with Crippen molar-refractivity contribution in [3.05, 3.63) is 65.7 Å². The van der Waals surface area contributed by atoms with Crippen LogP contribution in [0.25, 0.3) is 31.6 Å². The molecule has 20 heavy (non-hydrogen) atoms. The summed E-state index contributed by atoms with van der Waals surface area (Å²) in [5, 5.41) is 4.09. The van der Waals surface area contributed by atoms with Crippen LogP contribution >= 0.6 is 22.9 Å². The van der Waals surface area contributed by atoms with Gasteiger partial charge in [0, 0.05) is 16.0 Å². The lowest BCUT2D eigenvalue weighted by Crippen LogP contribution is -1.77. The van der Waals surface area contributed by atoms with Crippen LogP contribution in [0.2, 0.25) is 5.02 Å². The van der Waals surface area contributed by atoms with E-state index in [1.54, 1.807) is 11.3 Å². The summed E-state index contributed by atoms with van der Waals surface area (Å²) in [5.74, 6) is 0. The number of hydrogen-bond acceptors (Lipinski definition) is 2. The summed E-state index contributed by atoms with van der Waals surface area (Å²) < 4.78 is 1.19. The molecule has 0 aliphatic heterocycles. The Morgan fingerprint density at radius 1 is 0.900 bits per heavy atom. The van der Waals surface area contributed by atoms with Crippen molar-refractivity contribution in [2.24, 2.45) is 0 Å². The Bertz CT molecular complexity index is 912. The zero-order valence-electron chi connectivity index (χ0n) is 10.5. The average molecular weight is 296 g/mol. The van der Waals surface area contributed by atoms with Crippen LogP contribution in [-0.4, -0.2) is 4.98 Å². The molecule has 4 rings (SSSR count). The number of aromatic nitrogens is 1. The van der Waals surface area contributed by atoms with Crippen molar-refractivity contribution in [3.8, 4) is 10.6 Å². The van der Waals surface area contributed by atoms with E-state index in [9.17, 15) is 0 Å². The molecule has 0 bridgehead atoms. The number of halogens is 1. The Kier molecular flexibility index (Phi) is 2.72. The minimum absolute atomic E-state index is 0.749. The van der Waals surface area contributed by atoms with Crippen LogP contribution in [-0.2, 0) is 0 Å². The normalized spacial score (nSPS) is 11.2. The van der Waals surface area contributed by atoms with Crippen LogP contribution in [0.1, 0.15) is 0 Å². The molecule has 0 atom stereocenters. The van der Waals surface area contributed by atoms with Crippen LogP contribution in [0.3, 0.4) is 0 Å². The SMILES string of the molecule is Clc1ccc2ccc3sc(-c4ccccc4)nc3c2c1. The molecule has 0 aliphatic rings. The molecule has 1 aromatic heterocycles. The summed E-state index contributed by atoms with van der Waals surface area (Å²) in [5.41, 5.74) is 2.19. The minimum Gasteiger partial charge on any atom is -0.235 e. The fourth-order valence-electron chi connectivity index (χ4n) is 2.39. The van der Waals surface area contributed by atoms with E-state index in [4.69, 9.17) is 16.6 Å². The van der Waals surface area contributed by atoms with Crippen LogP contribution in [0.15, 0.2) is 60.7 Å². The standard InChI is InChI=1S/C17H10ClNS/c18-13-8-6-11-7-9-15-16(14(11)10-13)19-17(20-15)12-4-2-1-3-5-12/h1-10H. The Balaban J connectivity index is 2.04. The van der Waals surface area contributed by atoms with Gasteiger partial charge in [0.25, 0.3) is 0 Å². The third-order valence-corrected chi connectivity index (χ3v) is 4.66. The number of hydrogen-bond donors (Lipinski definition) is 0. The molecule has 0 spiro atoms. The van der Waals surface area contributed by atoms with Crippen LogP contribution in [0.4, 0.5) is 0 Å². The molecule has 0 aliphatic carbocycles. The maximum atomic E-state index is 6.12. The largest absolute Gasteiger partial charge is 0.235 e. The Morgan fingerprint density at radius 3 is 2.55 bits per heavy atom. The molecule has 1 nitrogen and oxygen atoms in total. The summed E-state index contributed by atoms with van der Waals surface area (Å²) in [6.45, 7) is 0. The van der Waals surface area contributed by atoms with Gasteiger partial charge in [0.2, 0.25) is 0 Å². The molecule has 3 heteroatoms. The van der Waals surface area contributed by atoms with Crippen molar-refractivity contribution in [2.75, 3.05) is 0 Å². The van der Waals surface area contributed by atoms with Gasteiger partial charge >= 0.3 is 0 Å². The lowest BCUT2D eigenvalue weighted by molar-refractivity contribution is 1.49. The predicted molar refractivity (Wildman–Crippen MR) is 87.6 cm³/mol. The second kappa shape index (κ2) is 4.58. The highest BCUT2D eigenvalue weighted by molar-refractivity contribution is 7.21. The third kappa shape index (κ3) is 1.89. The maximum Gasteiger partial charge on any atom is 0.124 e. The molecular weight excluding hydrogens is 286 g/mol. The zero-order chi connectivity index (χ0) is 13.5. The second-order valence-corrected chi connectivity index (χ2v) is 6.13. The summed E-state index contributed by atoms with van der Waals surface area (Å²) in [6.07, 6.45) is 0. The summed E-state index contributed by atoms with van der Waals surface area (Å²) >= 11 is 7.84. The lowest BCUT2D eigenvalue weighted by atomic mass is 10.1. The van der Waals surface area contributed by atoms with E-state index in [1.165, 1.54) is 10.1 Å².